The van der Waals surface area contributed by atoms with Crippen molar-refractivity contribution in [3.8, 4) is 0 Å². The predicted molar refractivity (Wildman–Crippen MR) is 108 cm³/mol. The van der Waals surface area contributed by atoms with Gasteiger partial charge in [-0.2, -0.15) is 0 Å². The maximum atomic E-state index is 13.2. The zero-order chi connectivity index (χ0) is 18.8. The molecule has 1 aliphatic rings. The average Bonchev–Trinajstić information content (AvgIpc) is 3.08. The third kappa shape index (κ3) is 3.74. The number of hydrogen-bond acceptors (Lipinski definition) is 4. The van der Waals surface area contributed by atoms with E-state index in [4.69, 9.17) is 27.9 Å². The first-order chi connectivity index (χ1) is 12.4. The van der Waals surface area contributed by atoms with Gasteiger partial charge in [-0.1, -0.05) is 41.4 Å². The van der Waals surface area contributed by atoms with E-state index in [2.05, 4.69) is 15.9 Å². The number of ether oxygens (including phenoxy) is 1. The molecule has 2 aromatic rings. The Morgan fingerprint density at radius 3 is 2.58 bits per heavy atom. The van der Waals surface area contributed by atoms with E-state index in [9.17, 15) is 9.59 Å². The average molecular weight is 475 g/mol. The second-order valence-electron chi connectivity index (χ2n) is 5.59. The van der Waals surface area contributed by atoms with Crippen molar-refractivity contribution < 1.29 is 14.3 Å². The molecule has 136 valence electrons. The van der Waals surface area contributed by atoms with Crippen molar-refractivity contribution >= 4 is 62.8 Å². The number of carbonyl (C=O) groups excluding carboxylic acids is 2. The molecule has 1 saturated heterocycles. The van der Waals surface area contributed by atoms with Gasteiger partial charge >= 0.3 is 5.97 Å². The molecule has 2 unspecified atom stereocenters. The highest BCUT2D eigenvalue weighted by atomic mass is 79.9. The van der Waals surface area contributed by atoms with Crippen molar-refractivity contribution in [2.24, 2.45) is 0 Å². The maximum Gasteiger partial charge on any atom is 0.329 e. The number of benzene rings is 2. The molecule has 0 radical (unpaired) electrons. The smallest absolute Gasteiger partial charge is 0.329 e. The minimum Gasteiger partial charge on any atom is -0.467 e. The first-order valence-corrected chi connectivity index (χ1v) is 10.3. The Morgan fingerprint density at radius 2 is 1.92 bits per heavy atom. The van der Waals surface area contributed by atoms with Gasteiger partial charge in [0.25, 0.3) is 5.91 Å². The first kappa shape index (κ1) is 19.5. The number of thioether (sulfide) groups is 1. The summed E-state index contributed by atoms with van der Waals surface area (Å²) in [5.41, 5.74) is 1.28. The van der Waals surface area contributed by atoms with E-state index in [1.807, 2.05) is 12.1 Å². The van der Waals surface area contributed by atoms with Gasteiger partial charge in [0.1, 0.15) is 11.4 Å². The summed E-state index contributed by atoms with van der Waals surface area (Å²) in [6, 6.07) is 11.7. The molecule has 1 heterocycles. The zero-order valence-corrected chi connectivity index (χ0v) is 17.5. The topological polar surface area (TPSA) is 46.6 Å². The van der Waals surface area contributed by atoms with Crippen LogP contribution in [0.2, 0.25) is 10.0 Å². The third-order valence-corrected chi connectivity index (χ3v) is 6.79. The van der Waals surface area contributed by atoms with Crippen LogP contribution in [0.5, 0.6) is 0 Å². The van der Waals surface area contributed by atoms with E-state index in [0.29, 0.717) is 25.8 Å². The second-order valence-corrected chi connectivity index (χ2v) is 8.37. The predicted octanol–water partition coefficient (Wildman–Crippen LogP) is 5.19. The van der Waals surface area contributed by atoms with E-state index in [0.717, 1.165) is 5.56 Å². The van der Waals surface area contributed by atoms with Gasteiger partial charge in [-0.3, -0.25) is 4.79 Å². The summed E-state index contributed by atoms with van der Waals surface area (Å²) in [7, 11) is 1.32. The molecule has 0 saturated carbocycles. The first-order valence-electron chi connectivity index (χ1n) is 7.65. The van der Waals surface area contributed by atoms with E-state index < -0.39 is 12.0 Å². The molecule has 1 fully saturated rings. The molecular formula is C18H14BrCl2NO3S. The Labute approximate surface area is 173 Å². The fourth-order valence-electron chi connectivity index (χ4n) is 2.77. The normalized spacial score (nSPS) is 19.5. The van der Waals surface area contributed by atoms with Crippen LogP contribution in [0.1, 0.15) is 21.3 Å². The Bertz CT molecular complexity index is 864. The number of amides is 1. The summed E-state index contributed by atoms with van der Waals surface area (Å²) >= 11 is 17.0. The number of hydrogen-bond donors (Lipinski definition) is 0. The van der Waals surface area contributed by atoms with Gasteiger partial charge < -0.3 is 9.64 Å². The highest BCUT2D eigenvalue weighted by Gasteiger charge is 2.43. The monoisotopic (exact) mass is 473 g/mol. The highest BCUT2D eigenvalue weighted by molar-refractivity contribution is 9.10. The van der Waals surface area contributed by atoms with Crippen LogP contribution >= 0.6 is 50.9 Å². The quantitative estimate of drug-likeness (QED) is 0.574. The Balaban J connectivity index is 2.03. The van der Waals surface area contributed by atoms with Crippen LogP contribution in [0.4, 0.5) is 0 Å². The summed E-state index contributed by atoms with van der Waals surface area (Å²) < 4.78 is 5.57. The standard InChI is InChI=1S/C18H14BrCl2NO3S/c1-25-18(24)15-9-26-17(10-6-7-13(20)14(21)8-10)22(15)16(23)11-4-2-3-5-12(11)19/h2-8,15,17H,9H2,1H3. The Hall–Kier alpha value is -1.21. The summed E-state index contributed by atoms with van der Waals surface area (Å²) in [5, 5.41) is 0.472. The van der Waals surface area contributed by atoms with Crippen LogP contribution in [-0.4, -0.2) is 35.7 Å². The van der Waals surface area contributed by atoms with Crippen molar-refractivity contribution in [2.75, 3.05) is 12.9 Å². The summed E-state index contributed by atoms with van der Waals surface area (Å²) in [6.45, 7) is 0. The molecule has 2 aromatic carbocycles. The van der Waals surface area contributed by atoms with Crippen molar-refractivity contribution in [1.29, 1.82) is 0 Å². The molecule has 4 nitrogen and oxygen atoms in total. The van der Waals surface area contributed by atoms with Crippen LogP contribution in [0.25, 0.3) is 0 Å². The van der Waals surface area contributed by atoms with Gasteiger partial charge in [0.05, 0.1) is 22.7 Å². The maximum absolute atomic E-state index is 13.2. The number of methoxy groups -OCH3 is 1. The van der Waals surface area contributed by atoms with Crippen LogP contribution in [0, 0.1) is 0 Å². The van der Waals surface area contributed by atoms with Crippen LogP contribution < -0.4 is 0 Å². The lowest BCUT2D eigenvalue weighted by atomic mass is 10.1. The van der Waals surface area contributed by atoms with Crippen molar-refractivity contribution in [3.05, 3.63) is 68.1 Å². The van der Waals surface area contributed by atoms with E-state index in [1.165, 1.54) is 18.9 Å². The van der Waals surface area contributed by atoms with E-state index in [1.54, 1.807) is 35.2 Å². The van der Waals surface area contributed by atoms with Crippen LogP contribution in [0.3, 0.4) is 0 Å². The fraction of sp³-hybridized carbons (Fsp3) is 0.222. The Morgan fingerprint density at radius 1 is 1.19 bits per heavy atom. The lowest BCUT2D eigenvalue weighted by Gasteiger charge is -2.29. The molecule has 1 amide bonds. The second kappa shape index (κ2) is 8.21. The van der Waals surface area contributed by atoms with Gasteiger partial charge in [-0.15, -0.1) is 11.8 Å². The molecule has 0 spiro atoms. The molecular weight excluding hydrogens is 461 g/mol. The van der Waals surface area contributed by atoms with Gasteiger partial charge in [-0.05, 0) is 45.8 Å². The SMILES string of the molecule is COC(=O)C1CSC(c2ccc(Cl)c(Cl)c2)N1C(=O)c1ccccc1Br. The van der Waals surface area contributed by atoms with Crippen LogP contribution in [-0.2, 0) is 9.53 Å². The summed E-state index contributed by atoms with van der Waals surface area (Å²) in [6.07, 6.45) is 0. The molecule has 26 heavy (non-hydrogen) atoms. The van der Waals surface area contributed by atoms with Gasteiger partial charge in [0.2, 0.25) is 0 Å². The fourth-order valence-corrected chi connectivity index (χ4v) is 4.93. The highest BCUT2D eigenvalue weighted by Crippen LogP contribution is 2.44. The van der Waals surface area contributed by atoms with Gasteiger partial charge in [-0.25, -0.2) is 4.79 Å². The minimum absolute atomic E-state index is 0.256. The Kier molecular flexibility index (Phi) is 6.17. The van der Waals surface area contributed by atoms with Crippen molar-refractivity contribution in [1.82, 2.24) is 4.90 Å². The molecule has 2 atom stereocenters. The lowest BCUT2D eigenvalue weighted by molar-refractivity contribution is -0.145. The summed E-state index contributed by atoms with van der Waals surface area (Å²) in [5.74, 6) is -0.261. The third-order valence-electron chi connectivity index (χ3n) is 4.04. The molecule has 0 aliphatic carbocycles. The number of rotatable bonds is 3. The van der Waals surface area contributed by atoms with Crippen LogP contribution in [0.15, 0.2) is 46.9 Å². The number of nitrogens with zero attached hydrogens (tertiary/aromatic N) is 1. The molecule has 0 aromatic heterocycles. The van der Waals surface area contributed by atoms with Gasteiger partial charge in [0, 0.05) is 10.2 Å². The van der Waals surface area contributed by atoms with E-state index in [-0.39, 0.29) is 11.3 Å². The molecule has 0 bridgehead atoms. The molecule has 0 N–H and O–H groups in total. The number of carbonyl (C=O) groups is 2. The largest absolute Gasteiger partial charge is 0.467 e. The molecule has 8 heteroatoms. The van der Waals surface area contributed by atoms with Crippen molar-refractivity contribution in [2.45, 2.75) is 11.4 Å². The zero-order valence-electron chi connectivity index (χ0n) is 13.6. The number of esters is 1. The lowest BCUT2D eigenvalue weighted by Crippen LogP contribution is -2.43. The van der Waals surface area contributed by atoms with Gasteiger partial charge in [0.15, 0.2) is 0 Å². The minimum atomic E-state index is -0.677. The molecule has 1 aliphatic heterocycles. The molecule has 3 rings (SSSR count). The summed E-state index contributed by atoms with van der Waals surface area (Å²) in [4.78, 5) is 27.1. The number of halogens is 3. The van der Waals surface area contributed by atoms with Crippen molar-refractivity contribution in [3.63, 3.8) is 0 Å². The van der Waals surface area contributed by atoms with E-state index >= 15 is 0 Å².